The second-order valence-corrected chi connectivity index (χ2v) is 4.51. The van der Waals surface area contributed by atoms with Gasteiger partial charge in [0.25, 0.3) is 5.91 Å². The molecule has 2 N–H and O–H groups in total. The molecule has 0 saturated heterocycles. The van der Waals surface area contributed by atoms with Crippen molar-refractivity contribution in [3.05, 3.63) is 28.2 Å². The van der Waals surface area contributed by atoms with Gasteiger partial charge in [0.15, 0.2) is 6.10 Å². The number of rotatable bonds is 5. The predicted octanol–water partition coefficient (Wildman–Crippen LogP) is 1.68. The van der Waals surface area contributed by atoms with E-state index in [9.17, 15) is 4.79 Å². The van der Waals surface area contributed by atoms with E-state index in [0.717, 1.165) is 16.6 Å². The number of hydrogen-bond acceptors (Lipinski definition) is 3. The highest BCUT2D eigenvalue weighted by molar-refractivity contribution is 9.10. The van der Waals surface area contributed by atoms with Gasteiger partial charge in [-0.1, -0.05) is 15.9 Å². The average molecular weight is 301 g/mol. The van der Waals surface area contributed by atoms with Crippen molar-refractivity contribution in [3.63, 3.8) is 0 Å². The highest BCUT2D eigenvalue weighted by atomic mass is 79.9. The summed E-state index contributed by atoms with van der Waals surface area (Å²) >= 11 is 3.47. The van der Waals surface area contributed by atoms with E-state index in [1.54, 1.807) is 14.0 Å². The van der Waals surface area contributed by atoms with Gasteiger partial charge >= 0.3 is 0 Å². The van der Waals surface area contributed by atoms with E-state index in [4.69, 9.17) is 4.74 Å². The second kappa shape index (κ2) is 6.61. The molecular formula is C12H17BrN2O2. The number of halogens is 1. The molecule has 17 heavy (non-hydrogen) atoms. The van der Waals surface area contributed by atoms with Gasteiger partial charge in [-0.15, -0.1) is 0 Å². The molecule has 4 nitrogen and oxygen atoms in total. The van der Waals surface area contributed by atoms with Gasteiger partial charge in [-0.05, 0) is 37.7 Å². The Hall–Kier alpha value is -1.07. The Morgan fingerprint density at radius 2 is 2.18 bits per heavy atom. The third-order valence-electron chi connectivity index (χ3n) is 2.31. The lowest BCUT2D eigenvalue weighted by atomic mass is 10.2. The highest BCUT2D eigenvalue weighted by Gasteiger charge is 2.13. The molecule has 0 radical (unpaired) electrons. The second-order valence-electron chi connectivity index (χ2n) is 3.66. The Kier molecular flexibility index (Phi) is 5.44. The van der Waals surface area contributed by atoms with Crippen LogP contribution in [0.5, 0.6) is 5.75 Å². The first-order valence-corrected chi connectivity index (χ1v) is 6.19. The van der Waals surface area contributed by atoms with E-state index < -0.39 is 6.10 Å². The Labute approximate surface area is 110 Å². The van der Waals surface area contributed by atoms with E-state index in [1.807, 2.05) is 25.2 Å². The SMILES string of the molecule is CNCc1cc(OC(C)C(=O)NC)ccc1Br. The number of carbonyl (C=O) groups excluding carboxylic acids is 1. The Balaban J connectivity index is 2.78. The zero-order valence-corrected chi connectivity index (χ0v) is 11.8. The summed E-state index contributed by atoms with van der Waals surface area (Å²) < 4.78 is 6.57. The number of amides is 1. The van der Waals surface area contributed by atoms with E-state index >= 15 is 0 Å². The molecule has 1 amide bonds. The summed E-state index contributed by atoms with van der Waals surface area (Å²) in [5.41, 5.74) is 1.09. The van der Waals surface area contributed by atoms with Crippen molar-refractivity contribution in [2.45, 2.75) is 19.6 Å². The monoisotopic (exact) mass is 300 g/mol. The summed E-state index contributed by atoms with van der Waals surface area (Å²) in [4.78, 5) is 11.3. The van der Waals surface area contributed by atoms with Crippen LogP contribution in [0.1, 0.15) is 12.5 Å². The third kappa shape index (κ3) is 4.02. The molecule has 0 aliphatic rings. The van der Waals surface area contributed by atoms with Crippen LogP contribution < -0.4 is 15.4 Å². The summed E-state index contributed by atoms with van der Waals surface area (Å²) in [6.07, 6.45) is -0.497. The van der Waals surface area contributed by atoms with Gasteiger partial charge in [-0.25, -0.2) is 0 Å². The largest absolute Gasteiger partial charge is 0.481 e. The summed E-state index contributed by atoms with van der Waals surface area (Å²) in [5, 5.41) is 5.63. The lowest BCUT2D eigenvalue weighted by molar-refractivity contribution is -0.126. The van der Waals surface area contributed by atoms with Crippen LogP contribution in [-0.2, 0) is 11.3 Å². The van der Waals surface area contributed by atoms with Crippen LogP contribution >= 0.6 is 15.9 Å². The van der Waals surface area contributed by atoms with Crippen LogP contribution in [0.4, 0.5) is 0 Å². The average Bonchev–Trinajstić information content (AvgIpc) is 2.32. The normalized spacial score (nSPS) is 12.0. The van der Waals surface area contributed by atoms with Crippen molar-refractivity contribution >= 4 is 21.8 Å². The van der Waals surface area contributed by atoms with Crippen molar-refractivity contribution in [2.75, 3.05) is 14.1 Å². The zero-order valence-electron chi connectivity index (χ0n) is 10.2. The molecule has 5 heteroatoms. The fraction of sp³-hybridized carbons (Fsp3) is 0.417. The van der Waals surface area contributed by atoms with E-state index in [1.165, 1.54) is 0 Å². The lowest BCUT2D eigenvalue weighted by Crippen LogP contribution is -2.33. The molecular weight excluding hydrogens is 284 g/mol. The summed E-state index contributed by atoms with van der Waals surface area (Å²) in [6, 6.07) is 5.67. The van der Waals surface area contributed by atoms with Gasteiger partial charge in [0.05, 0.1) is 0 Å². The molecule has 1 aromatic rings. The highest BCUT2D eigenvalue weighted by Crippen LogP contribution is 2.23. The molecule has 0 aliphatic heterocycles. The molecule has 0 aromatic heterocycles. The van der Waals surface area contributed by atoms with Crippen molar-refractivity contribution in [1.29, 1.82) is 0 Å². The molecule has 1 atom stereocenters. The fourth-order valence-corrected chi connectivity index (χ4v) is 1.80. The first kappa shape index (κ1) is 14.0. The van der Waals surface area contributed by atoms with Crippen LogP contribution in [0.25, 0.3) is 0 Å². The molecule has 0 bridgehead atoms. The minimum Gasteiger partial charge on any atom is -0.481 e. The third-order valence-corrected chi connectivity index (χ3v) is 3.09. The molecule has 0 aliphatic carbocycles. The Morgan fingerprint density at radius 3 is 2.76 bits per heavy atom. The molecule has 0 spiro atoms. The predicted molar refractivity (Wildman–Crippen MR) is 71.1 cm³/mol. The van der Waals surface area contributed by atoms with Gasteiger partial charge in [0.2, 0.25) is 0 Å². The zero-order chi connectivity index (χ0) is 12.8. The minimum atomic E-state index is -0.497. The van der Waals surface area contributed by atoms with E-state index in [0.29, 0.717) is 5.75 Å². The van der Waals surface area contributed by atoms with Gasteiger partial charge in [-0.3, -0.25) is 4.79 Å². The molecule has 94 valence electrons. The number of carbonyl (C=O) groups is 1. The first-order valence-electron chi connectivity index (χ1n) is 5.39. The Morgan fingerprint density at radius 1 is 1.47 bits per heavy atom. The molecule has 1 unspecified atom stereocenters. The number of likely N-dealkylation sites (N-methyl/N-ethyl adjacent to an activating group) is 1. The minimum absolute atomic E-state index is 0.136. The smallest absolute Gasteiger partial charge is 0.260 e. The quantitative estimate of drug-likeness (QED) is 0.870. The van der Waals surface area contributed by atoms with Gasteiger partial charge in [-0.2, -0.15) is 0 Å². The molecule has 0 saturated carbocycles. The van der Waals surface area contributed by atoms with Crippen molar-refractivity contribution in [2.24, 2.45) is 0 Å². The topological polar surface area (TPSA) is 50.4 Å². The number of nitrogens with one attached hydrogen (secondary N) is 2. The maximum atomic E-state index is 11.3. The fourth-order valence-electron chi connectivity index (χ4n) is 1.41. The standard InChI is InChI=1S/C12H17BrN2O2/c1-8(12(16)15-3)17-10-4-5-11(13)9(6-10)7-14-2/h4-6,8,14H,7H2,1-3H3,(H,15,16). The van der Waals surface area contributed by atoms with Gasteiger partial charge in [0, 0.05) is 18.1 Å². The molecule has 1 aromatic carbocycles. The first-order chi connectivity index (χ1) is 8.08. The molecule has 1 rings (SSSR count). The number of hydrogen-bond donors (Lipinski definition) is 2. The maximum Gasteiger partial charge on any atom is 0.260 e. The number of ether oxygens (including phenoxy) is 1. The Bertz CT molecular complexity index is 396. The summed E-state index contributed by atoms with van der Waals surface area (Å²) in [6.45, 7) is 2.46. The maximum absolute atomic E-state index is 11.3. The van der Waals surface area contributed by atoms with Crippen LogP contribution in [0.2, 0.25) is 0 Å². The van der Waals surface area contributed by atoms with Crippen molar-refractivity contribution in [1.82, 2.24) is 10.6 Å². The van der Waals surface area contributed by atoms with Crippen LogP contribution in [0.15, 0.2) is 22.7 Å². The number of benzene rings is 1. The van der Waals surface area contributed by atoms with Crippen LogP contribution in [0, 0.1) is 0 Å². The summed E-state index contributed by atoms with van der Waals surface area (Å²) in [5.74, 6) is 0.553. The lowest BCUT2D eigenvalue weighted by Gasteiger charge is -2.14. The van der Waals surface area contributed by atoms with Crippen LogP contribution in [-0.4, -0.2) is 26.1 Å². The van der Waals surface area contributed by atoms with Crippen molar-refractivity contribution < 1.29 is 9.53 Å². The van der Waals surface area contributed by atoms with E-state index in [-0.39, 0.29) is 5.91 Å². The van der Waals surface area contributed by atoms with Crippen LogP contribution in [0.3, 0.4) is 0 Å². The van der Waals surface area contributed by atoms with Gasteiger partial charge < -0.3 is 15.4 Å². The summed E-state index contributed by atoms with van der Waals surface area (Å²) in [7, 11) is 3.48. The molecule has 0 fully saturated rings. The molecule has 0 heterocycles. The van der Waals surface area contributed by atoms with Gasteiger partial charge in [0.1, 0.15) is 5.75 Å². The van der Waals surface area contributed by atoms with Crippen molar-refractivity contribution in [3.8, 4) is 5.75 Å². The van der Waals surface area contributed by atoms with E-state index in [2.05, 4.69) is 26.6 Å².